The van der Waals surface area contributed by atoms with Crippen LogP contribution in [0.25, 0.3) is 22.6 Å². The van der Waals surface area contributed by atoms with Crippen molar-refractivity contribution in [3.63, 3.8) is 0 Å². The maximum atomic E-state index is 12.1. The van der Waals surface area contributed by atoms with Crippen LogP contribution in [0, 0.1) is 26.2 Å². The van der Waals surface area contributed by atoms with Crippen molar-refractivity contribution in [3.05, 3.63) is 47.0 Å². The summed E-state index contributed by atoms with van der Waals surface area (Å²) in [4.78, 5) is 16.7. The highest BCUT2D eigenvalue weighted by Gasteiger charge is 2.22. The van der Waals surface area contributed by atoms with Gasteiger partial charge in [-0.1, -0.05) is 26.8 Å². The van der Waals surface area contributed by atoms with Crippen LogP contribution in [0.5, 0.6) is 0 Å². The molecule has 0 unspecified atom stereocenters. The molecule has 1 amide bonds. The predicted molar refractivity (Wildman–Crippen MR) is 117 cm³/mol. The first-order valence-corrected chi connectivity index (χ1v) is 9.56. The molecular formula is C22H25N3O2S. The van der Waals surface area contributed by atoms with Crippen molar-refractivity contribution in [2.24, 2.45) is 5.41 Å². The molecule has 0 saturated carbocycles. The number of hydrogen-bond donors (Lipinski definition) is 2. The van der Waals surface area contributed by atoms with E-state index in [4.69, 9.17) is 16.6 Å². The number of rotatable bonds is 2. The average molecular weight is 396 g/mol. The molecule has 3 aromatic rings. The highest BCUT2D eigenvalue weighted by molar-refractivity contribution is 7.80. The molecular weight excluding hydrogens is 370 g/mol. The fourth-order valence-corrected chi connectivity index (χ4v) is 2.84. The van der Waals surface area contributed by atoms with Crippen LogP contribution in [0.1, 0.15) is 37.5 Å². The van der Waals surface area contributed by atoms with Crippen molar-refractivity contribution >= 4 is 40.0 Å². The number of oxazole rings is 1. The van der Waals surface area contributed by atoms with Gasteiger partial charge in [0.25, 0.3) is 0 Å². The zero-order valence-corrected chi connectivity index (χ0v) is 17.9. The van der Waals surface area contributed by atoms with Crippen LogP contribution in [0.3, 0.4) is 0 Å². The van der Waals surface area contributed by atoms with E-state index >= 15 is 0 Å². The monoisotopic (exact) mass is 395 g/mol. The van der Waals surface area contributed by atoms with Crippen LogP contribution in [0.2, 0.25) is 0 Å². The second-order valence-corrected chi connectivity index (χ2v) is 8.52. The number of amides is 1. The lowest BCUT2D eigenvalue weighted by Crippen LogP contribution is -2.41. The molecule has 0 radical (unpaired) electrons. The van der Waals surface area contributed by atoms with Crippen LogP contribution in [0.4, 0.5) is 5.69 Å². The number of anilines is 1. The largest absolute Gasteiger partial charge is 0.436 e. The van der Waals surface area contributed by atoms with Gasteiger partial charge in [0.1, 0.15) is 5.52 Å². The number of thiocarbonyl (C=S) groups is 1. The Hall–Kier alpha value is -2.73. The Morgan fingerprint density at radius 3 is 2.39 bits per heavy atom. The van der Waals surface area contributed by atoms with E-state index in [9.17, 15) is 4.79 Å². The van der Waals surface area contributed by atoms with Crippen LogP contribution in [0.15, 0.2) is 34.7 Å². The van der Waals surface area contributed by atoms with Gasteiger partial charge in [0.2, 0.25) is 11.8 Å². The molecule has 146 valence electrons. The zero-order valence-electron chi connectivity index (χ0n) is 17.1. The van der Waals surface area contributed by atoms with Gasteiger partial charge in [0.15, 0.2) is 10.7 Å². The summed E-state index contributed by atoms with van der Waals surface area (Å²) >= 11 is 5.30. The number of hydrogen-bond acceptors (Lipinski definition) is 4. The fraction of sp³-hybridized carbons (Fsp3) is 0.318. The Morgan fingerprint density at radius 1 is 1.04 bits per heavy atom. The second kappa shape index (κ2) is 7.36. The van der Waals surface area contributed by atoms with Gasteiger partial charge in [-0.25, -0.2) is 4.98 Å². The number of fused-ring (bicyclic) bond motifs is 1. The molecule has 1 aromatic heterocycles. The van der Waals surface area contributed by atoms with E-state index in [-0.39, 0.29) is 11.0 Å². The molecule has 28 heavy (non-hydrogen) atoms. The molecule has 3 rings (SSSR count). The number of carbonyl (C=O) groups excluding carboxylic acids is 1. The van der Waals surface area contributed by atoms with Gasteiger partial charge in [-0.3, -0.25) is 4.79 Å². The number of aryl methyl sites for hydroxylation is 3. The van der Waals surface area contributed by atoms with Crippen LogP contribution in [-0.2, 0) is 4.79 Å². The van der Waals surface area contributed by atoms with Crippen LogP contribution >= 0.6 is 12.2 Å². The molecule has 0 fully saturated rings. The van der Waals surface area contributed by atoms with Gasteiger partial charge < -0.3 is 15.1 Å². The molecule has 2 aromatic carbocycles. The molecule has 0 bridgehead atoms. The maximum Gasteiger partial charge on any atom is 0.231 e. The Balaban J connectivity index is 1.87. The van der Waals surface area contributed by atoms with Gasteiger partial charge in [0, 0.05) is 16.7 Å². The minimum Gasteiger partial charge on any atom is -0.436 e. The van der Waals surface area contributed by atoms with Crippen molar-refractivity contribution in [1.82, 2.24) is 10.3 Å². The summed E-state index contributed by atoms with van der Waals surface area (Å²) in [5, 5.41) is 6.10. The number of benzene rings is 2. The van der Waals surface area contributed by atoms with Crippen molar-refractivity contribution in [2.45, 2.75) is 41.5 Å². The predicted octanol–water partition coefficient (Wildman–Crippen LogP) is 5.28. The summed E-state index contributed by atoms with van der Waals surface area (Å²) in [5.74, 6) is 0.413. The Morgan fingerprint density at radius 2 is 1.71 bits per heavy atom. The highest BCUT2D eigenvalue weighted by atomic mass is 32.1. The second-order valence-electron chi connectivity index (χ2n) is 8.11. The van der Waals surface area contributed by atoms with Crippen molar-refractivity contribution < 1.29 is 9.21 Å². The molecule has 0 saturated heterocycles. The lowest BCUT2D eigenvalue weighted by atomic mass is 9.96. The van der Waals surface area contributed by atoms with Crippen LogP contribution in [-0.4, -0.2) is 16.0 Å². The van der Waals surface area contributed by atoms with Gasteiger partial charge >= 0.3 is 0 Å². The summed E-state index contributed by atoms with van der Waals surface area (Å²) < 4.78 is 5.96. The molecule has 6 heteroatoms. The van der Waals surface area contributed by atoms with E-state index in [1.54, 1.807) is 0 Å². The van der Waals surface area contributed by atoms with Crippen molar-refractivity contribution in [1.29, 1.82) is 0 Å². The summed E-state index contributed by atoms with van der Waals surface area (Å²) in [6, 6.07) is 9.89. The van der Waals surface area contributed by atoms with Gasteiger partial charge in [-0.15, -0.1) is 0 Å². The number of aromatic nitrogens is 1. The molecule has 5 nitrogen and oxygen atoms in total. The van der Waals surface area contributed by atoms with E-state index < -0.39 is 5.41 Å². The molecule has 0 aliphatic rings. The Bertz CT molecular complexity index is 1040. The third-order valence-corrected chi connectivity index (χ3v) is 4.85. The molecule has 0 aliphatic carbocycles. The summed E-state index contributed by atoms with van der Waals surface area (Å²) in [6.45, 7) is 11.6. The SMILES string of the molecule is Cc1cc2nc(-c3ccc(C)c(NC(=S)NC(=O)C(C)(C)C)c3)oc2cc1C. The van der Waals surface area contributed by atoms with Gasteiger partial charge in [0.05, 0.1) is 0 Å². The summed E-state index contributed by atoms with van der Waals surface area (Å²) in [5.41, 5.74) is 6.06. The normalized spacial score (nSPS) is 11.5. The smallest absolute Gasteiger partial charge is 0.231 e. The van der Waals surface area contributed by atoms with Crippen LogP contribution < -0.4 is 10.6 Å². The first-order valence-electron chi connectivity index (χ1n) is 9.16. The first-order chi connectivity index (χ1) is 13.0. The third kappa shape index (κ3) is 4.22. The standard InChI is InChI=1S/C22H25N3O2S/c1-12-7-8-15(11-16(12)24-21(28)25-20(26)22(4,5)6)19-23-17-9-13(2)14(3)10-18(17)27-19/h7-11H,1-6H3,(H2,24,25,26,28). The lowest BCUT2D eigenvalue weighted by Gasteiger charge is -2.19. The van der Waals surface area contributed by atoms with Crippen molar-refractivity contribution in [2.75, 3.05) is 5.32 Å². The van der Waals surface area contributed by atoms with E-state index in [1.807, 2.05) is 58.0 Å². The van der Waals surface area contributed by atoms with E-state index in [0.29, 0.717) is 5.89 Å². The highest BCUT2D eigenvalue weighted by Crippen LogP contribution is 2.29. The quantitative estimate of drug-likeness (QED) is 0.578. The number of carbonyl (C=O) groups is 1. The average Bonchev–Trinajstić information content (AvgIpc) is 2.99. The minimum absolute atomic E-state index is 0.136. The topological polar surface area (TPSA) is 67.2 Å². The molecule has 0 atom stereocenters. The number of nitrogens with zero attached hydrogens (tertiary/aromatic N) is 1. The van der Waals surface area contributed by atoms with Gasteiger partial charge in [-0.05, 0) is 73.9 Å². The fourth-order valence-electron chi connectivity index (χ4n) is 2.64. The molecule has 0 spiro atoms. The first kappa shape index (κ1) is 20.0. The summed E-state index contributed by atoms with van der Waals surface area (Å²) in [7, 11) is 0. The summed E-state index contributed by atoms with van der Waals surface area (Å²) in [6.07, 6.45) is 0. The molecule has 0 aliphatic heterocycles. The van der Waals surface area contributed by atoms with E-state index in [2.05, 4.69) is 29.5 Å². The van der Waals surface area contributed by atoms with Crippen molar-refractivity contribution in [3.8, 4) is 11.5 Å². The van der Waals surface area contributed by atoms with E-state index in [1.165, 1.54) is 11.1 Å². The van der Waals surface area contributed by atoms with Gasteiger partial charge in [-0.2, -0.15) is 0 Å². The number of nitrogens with one attached hydrogen (secondary N) is 2. The third-order valence-electron chi connectivity index (χ3n) is 4.64. The zero-order chi connectivity index (χ0) is 20.6. The Labute approximate surface area is 170 Å². The van der Waals surface area contributed by atoms with E-state index in [0.717, 1.165) is 27.9 Å². The maximum absolute atomic E-state index is 12.1. The minimum atomic E-state index is -0.517. The Kier molecular flexibility index (Phi) is 5.26. The lowest BCUT2D eigenvalue weighted by molar-refractivity contribution is -0.126. The molecule has 2 N–H and O–H groups in total. The molecule has 1 heterocycles.